The van der Waals surface area contributed by atoms with E-state index in [1.54, 1.807) is 31.2 Å². The van der Waals surface area contributed by atoms with Crippen molar-refractivity contribution in [1.82, 2.24) is 15.5 Å². The number of hydrogen-bond donors (Lipinski definition) is 1. The van der Waals surface area contributed by atoms with Gasteiger partial charge in [-0.2, -0.15) is 10.2 Å². The SMILES string of the molecule is CC(C)[C@@](C)(C#N)NC(=O)COC(=O)CCc1nc(-c2ccc(Cl)cc2)no1. The highest BCUT2D eigenvalue weighted by Gasteiger charge is 2.30. The van der Waals surface area contributed by atoms with E-state index in [0.29, 0.717) is 10.8 Å². The maximum atomic E-state index is 11.9. The van der Waals surface area contributed by atoms with Gasteiger partial charge in [0.05, 0.1) is 12.5 Å². The van der Waals surface area contributed by atoms with E-state index in [4.69, 9.17) is 20.9 Å². The molecule has 1 atom stereocenters. The van der Waals surface area contributed by atoms with Crippen LogP contribution in [-0.2, 0) is 20.7 Å². The molecule has 0 saturated heterocycles. The molecule has 0 bridgehead atoms. The van der Waals surface area contributed by atoms with Crippen LogP contribution in [0.5, 0.6) is 0 Å². The van der Waals surface area contributed by atoms with E-state index < -0.39 is 24.0 Å². The molecular weight excluding hydrogens is 384 g/mol. The molecule has 2 rings (SSSR count). The average Bonchev–Trinajstić information content (AvgIpc) is 3.14. The van der Waals surface area contributed by atoms with Gasteiger partial charge in [-0.05, 0) is 37.1 Å². The molecule has 0 fully saturated rings. The number of hydrogen-bond acceptors (Lipinski definition) is 7. The van der Waals surface area contributed by atoms with Crippen molar-refractivity contribution in [3.05, 3.63) is 35.2 Å². The topological polar surface area (TPSA) is 118 Å². The minimum atomic E-state index is -1.02. The van der Waals surface area contributed by atoms with E-state index >= 15 is 0 Å². The molecule has 0 radical (unpaired) electrons. The first kappa shape index (κ1) is 21.4. The number of aryl methyl sites for hydroxylation is 1. The standard InChI is InChI=1S/C19H21ClN4O4/c1-12(2)19(3,11-21)23-15(25)10-27-17(26)9-8-16-22-18(24-28-16)13-4-6-14(20)7-5-13/h4-7,12H,8-10H2,1-3H3,(H,23,25)/t19-/m1/s1. The van der Waals surface area contributed by atoms with Crippen LogP contribution >= 0.6 is 11.6 Å². The number of esters is 1. The van der Waals surface area contributed by atoms with Crippen molar-refractivity contribution in [2.75, 3.05) is 6.61 Å². The molecule has 0 unspecified atom stereocenters. The Morgan fingerprint density at radius 1 is 1.36 bits per heavy atom. The predicted octanol–water partition coefficient (Wildman–Crippen LogP) is 2.92. The number of nitrogens with zero attached hydrogens (tertiary/aromatic N) is 3. The van der Waals surface area contributed by atoms with Crippen LogP contribution in [0, 0.1) is 17.2 Å². The molecule has 2 aromatic rings. The quantitative estimate of drug-likeness (QED) is 0.672. The number of ether oxygens (including phenoxy) is 1. The number of amides is 1. The van der Waals surface area contributed by atoms with Gasteiger partial charge in [-0.1, -0.05) is 30.6 Å². The molecule has 9 heteroatoms. The number of carbonyl (C=O) groups is 2. The Morgan fingerprint density at radius 3 is 2.64 bits per heavy atom. The van der Waals surface area contributed by atoms with Crippen LogP contribution in [0.25, 0.3) is 11.4 Å². The molecule has 1 aromatic heterocycles. The molecule has 0 aliphatic rings. The Balaban J connectivity index is 1.79. The number of halogens is 1. The Labute approximate surface area is 167 Å². The molecule has 1 heterocycles. The first-order chi connectivity index (χ1) is 13.2. The number of benzene rings is 1. The van der Waals surface area contributed by atoms with Crippen LogP contribution in [-0.4, -0.2) is 34.2 Å². The second kappa shape index (κ2) is 9.33. The maximum absolute atomic E-state index is 11.9. The van der Waals surface area contributed by atoms with Crippen LogP contribution < -0.4 is 5.32 Å². The van der Waals surface area contributed by atoms with Crippen LogP contribution in [0.3, 0.4) is 0 Å². The zero-order valence-electron chi connectivity index (χ0n) is 15.9. The third-order valence-corrected chi connectivity index (χ3v) is 4.52. The van der Waals surface area contributed by atoms with Crippen LogP contribution in [0.2, 0.25) is 5.02 Å². The third-order valence-electron chi connectivity index (χ3n) is 4.26. The third kappa shape index (κ3) is 5.79. The molecule has 148 valence electrons. The van der Waals surface area contributed by atoms with Crippen molar-refractivity contribution in [1.29, 1.82) is 5.26 Å². The van der Waals surface area contributed by atoms with Crippen LogP contribution in [0.1, 0.15) is 33.1 Å². The van der Waals surface area contributed by atoms with Crippen LogP contribution in [0.4, 0.5) is 0 Å². The Hall–Kier alpha value is -2.92. The zero-order valence-corrected chi connectivity index (χ0v) is 16.6. The Morgan fingerprint density at radius 2 is 2.04 bits per heavy atom. The second-order valence-corrected chi connectivity index (χ2v) is 7.13. The molecule has 8 nitrogen and oxygen atoms in total. The lowest BCUT2D eigenvalue weighted by Crippen LogP contribution is -2.50. The van der Waals surface area contributed by atoms with E-state index in [9.17, 15) is 14.9 Å². The Bertz CT molecular complexity index is 873. The summed E-state index contributed by atoms with van der Waals surface area (Å²) in [4.78, 5) is 27.9. The lowest BCUT2D eigenvalue weighted by Gasteiger charge is -2.27. The summed E-state index contributed by atoms with van der Waals surface area (Å²) in [5, 5.41) is 16.2. The number of aromatic nitrogens is 2. The van der Waals surface area contributed by atoms with Crippen molar-refractivity contribution < 1.29 is 18.8 Å². The monoisotopic (exact) mass is 404 g/mol. The van der Waals surface area contributed by atoms with Gasteiger partial charge in [0.15, 0.2) is 6.61 Å². The highest BCUT2D eigenvalue weighted by atomic mass is 35.5. The summed E-state index contributed by atoms with van der Waals surface area (Å²) < 4.78 is 10.1. The maximum Gasteiger partial charge on any atom is 0.306 e. The van der Waals surface area contributed by atoms with Crippen molar-refractivity contribution >= 4 is 23.5 Å². The van der Waals surface area contributed by atoms with Gasteiger partial charge in [0.2, 0.25) is 11.7 Å². The summed E-state index contributed by atoms with van der Waals surface area (Å²) in [6.07, 6.45) is 0.165. The van der Waals surface area contributed by atoms with Gasteiger partial charge >= 0.3 is 5.97 Å². The minimum Gasteiger partial charge on any atom is -0.456 e. The molecule has 0 saturated carbocycles. The highest BCUT2D eigenvalue weighted by molar-refractivity contribution is 6.30. The minimum absolute atomic E-state index is 0.0186. The lowest BCUT2D eigenvalue weighted by atomic mass is 9.90. The fraction of sp³-hybridized carbons (Fsp3) is 0.421. The van der Waals surface area contributed by atoms with E-state index in [0.717, 1.165) is 5.56 Å². The van der Waals surface area contributed by atoms with Gasteiger partial charge in [0, 0.05) is 17.0 Å². The van der Waals surface area contributed by atoms with Crippen LogP contribution in [0.15, 0.2) is 28.8 Å². The predicted molar refractivity (Wildman–Crippen MR) is 101 cm³/mol. The summed E-state index contributed by atoms with van der Waals surface area (Å²) in [6, 6.07) is 9.00. The second-order valence-electron chi connectivity index (χ2n) is 6.70. The van der Waals surface area contributed by atoms with E-state index in [-0.39, 0.29) is 24.7 Å². The first-order valence-corrected chi connectivity index (χ1v) is 9.07. The Kier molecular flexibility index (Phi) is 7.12. The first-order valence-electron chi connectivity index (χ1n) is 8.70. The molecule has 1 amide bonds. The molecular formula is C19H21ClN4O4. The van der Waals surface area contributed by atoms with E-state index in [1.165, 1.54) is 0 Å². The molecule has 1 N–H and O–H groups in total. The largest absolute Gasteiger partial charge is 0.456 e. The number of rotatable bonds is 8. The number of carbonyl (C=O) groups excluding carboxylic acids is 2. The van der Waals surface area contributed by atoms with Gasteiger partial charge in [-0.25, -0.2) is 0 Å². The van der Waals surface area contributed by atoms with Crippen molar-refractivity contribution in [2.45, 2.75) is 39.2 Å². The summed E-state index contributed by atoms with van der Waals surface area (Å²) in [6.45, 7) is 4.80. The molecule has 0 aliphatic carbocycles. The molecule has 28 heavy (non-hydrogen) atoms. The van der Waals surface area contributed by atoms with Crippen molar-refractivity contribution in [3.63, 3.8) is 0 Å². The lowest BCUT2D eigenvalue weighted by molar-refractivity contribution is -0.149. The molecule has 0 spiro atoms. The fourth-order valence-electron chi connectivity index (χ4n) is 2.13. The van der Waals surface area contributed by atoms with Gasteiger partial charge in [-0.15, -0.1) is 0 Å². The average molecular weight is 405 g/mol. The molecule has 0 aliphatic heterocycles. The van der Waals surface area contributed by atoms with Gasteiger partial charge < -0.3 is 14.6 Å². The van der Waals surface area contributed by atoms with Gasteiger partial charge in [0.25, 0.3) is 5.91 Å². The van der Waals surface area contributed by atoms with E-state index in [2.05, 4.69) is 21.5 Å². The van der Waals surface area contributed by atoms with Crippen molar-refractivity contribution in [2.24, 2.45) is 5.92 Å². The number of nitrogens with one attached hydrogen (secondary N) is 1. The summed E-state index contributed by atoms with van der Waals surface area (Å²) >= 11 is 5.84. The fourth-order valence-corrected chi connectivity index (χ4v) is 2.25. The summed E-state index contributed by atoms with van der Waals surface area (Å²) in [5.41, 5.74) is -0.282. The van der Waals surface area contributed by atoms with Gasteiger partial charge in [-0.3, -0.25) is 9.59 Å². The molecule has 1 aromatic carbocycles. The highest BCUT2D eigenvalue weighted by Crippen LogP contribution is 2.19. The number of nitriles is 1. The van der Waals surface area contributed by atoms with E-state index in [1.807, 2.05) is 13.8 Å². The van der Waals surface area contributed by atoms with Crippen molar-refractivity contribution in [3.8, 4) is 17.5 Å². The smallest absolute Gasteiger partial charge is 0.306 e. The summed E-state index contributed by atoms with van der Waals surface area (Å²) in [5.74, 6) is -0.532. The summed E-state index contributed by atoms with van der Waals surface area (Å²) in [7, 11) is 0. The normalized spacial score (nSPS) is 12.9. The van der Waals surface area contributed by atoms with Gasteiger partial charge in [0.1, 0.15) is 5.54 Å². The zero-order chi connectivity index (χ0) is 20.7.